The summed E-state index contributed by atoms with van der Waals surface area (Å²) in [5, 5.41) is 19.4. The highest BCUT2D eigenvalue weighted by atomic mass is 19.3. The van der Waals surface area contributed by atoms with Crippen LogP contribution in [0.1, 0.15) is 95.9 Å². The van der Waals surface area contributed by atoms with Gasteiger partial charge >= 0.3 is 25.2 Å². The summed E-state index contributed by atoms with van der Waals surface area (Å²) in [6, 6.07) is 37.6. The van der Waals surface area contributed by atoms with Gasteiger partial charge in [-0.15, -0.1) is 10.2 Å². The third-order valence-electron chi connectivity index (χ3n) is 20.7. The normalized spacial score (nSPS) is 16.9. The van der Waals surface area contributed by atoms with Crippen LogP contribution in [0.25, 0.3) is 101 Å². The average molecular weight is 1400 g/mol. The lowest BCUT2D eigenvalue weighted by molar-refractivity contribution is -0.146. The van der Waals surface area contributed by atoms with Gasteiger partial charge in [-0.05, 0) is 210 Å². The number of oxazole rings is 2. The van der Waals surface area contributed by atoms with E-state index in [1.54, 1.807) is 17.0 Å². The number of carbonyl (C=O) groups excluding carboxylic acids is 1. The van der Waals surface area contributed by atoms with Crippen molar-refractivity contribution < 1.29 is 55.3 Å². The second-order valence-electron chi connectivity index (χ2n) is 27.2. The van der Waals surface area contributed by atoms with E-state index in [0.29, 0.717) is 89.1 Å². The van der Waals surface area contributed by atoms with Gasteiger partial charge in [0, 0.05) is 84.1 Å². The summed E-state index contributed by atoms with van der Waals surface area (Å²) >= 11 is 0. The van der Waals surface area contributed by atoms with Gasteiger partial charge in [0.05, 0.1) is 7.11 Å². The monoisotopic (exact) mass is 1400 g/mol. The number of pyridine rings is 2. The molecule has 16 rings (SSSR count). The molecule has 1 N–H and O–H groups in total. The molecule has 2 atom stereocenters. The number of likely N-dealkylation sites (tertiary alicyclic amines) is 4. The molecule has 6 aromatic heterocycles. The number of halogens is 4. The van der Waals surface area contributed by atoms with Crippen molar-refractivity contribution in [1.82, 2.24) is 58.8 Å². The Labute approximate surface area is 591 Å². The second-order valence-corrected chi connectivity index (χ2v) is 27.2. The van der Waals surface area contributed by atoms with E-state index >= 15 is 0 Å². The number of benzene rings is 6. The summed E-state index contributed by atoms with van der Waals surface area (Å²) in [7, 11) is 1.35. The van der Waals surface area contributed by atoms with Crippen LogP contribution < -0.4 is 9.47 Å². The maximum Gasteiger partial charge on any atom is 0.387 e. The molecule has 4 fully saturated rings. The summed E-state index contributed by atoms with van der Waals surface area (Å²) in [6.45, 7) is 10.0. The van der Waals surface area contributed by atoms with Gasteiger partial charge in [0.15, 0.2) is 34.1 Å². The van der Waals surface area contributed by atoms with Gasteiger partial charge < -0.3 is 28.2 Å². The fourth-order valence-corrected chi connectivity index (χ4v) is 15.4. The Hall–Kier alpha value is -10.4. The van der Waals surface area contributed by atoms with Crippen LogP contribution in [0.5, 0.6) is 11.5 Å². The highest BCUT2D eigenvalue weighted by Gasteiger charge is 2.34. The van der Waals surface area contributed by atoms with Crippen LogP contribution >= 0.6 is 0 Å². The van der Waals surface area contributed by atoms with E-state index in [4.69, 9.17) is 53.2 Å². The Bertz CT molecular complexity index is 5170. The summed E-state index contributed by atoms with van der Waals surface area (Å²) in [6.07, 6.45) is 11.8. The first-order valence-corrected chi connectivity index (χ1v) is 35.1. The molecule has 24 heteroatoms. The predicted molar refractivity (Wildman–Crippen MR) is 381 cm³/mol. The molecule has 0 spiro atoms. The van der Waals surface area contributed by atoms with E-state index in [2.05, 4.69) is 72.4 Å². The molecule has 4 saturated heterocycles. The van der Waals surface area contributed by atoms with Crippen molar-refractivity contribution in [1.29, 1.82) is 0 Å². The third kappa shape index (κ3) is 14.2. The largest absolute Gasteiger partial charge is 0.480 e. The van der Waals surface area contributed by atoms with E-state index in [0.717, 1.165) is 124 Å². The number of esters is 1. The van der Waals surface area contributed by atoms with E-state index < -0.39 is 31.3 Å². The Kier molecular flexibility index (Phi) is 19.4. The molecule has 6 aromatic carbocycles. The Morgan fingerprint density at radius 2 is 0.874 bits per heavy atom. The first-order chi connectivity index (χ1) is 50.0. The number of hydrogen-bond acceptors (Lipinski definition) is 17. The Balaban J connectivity index is 0.000000166. The third-order valence-corrected chi connectivity index (χ3v) is 20.7. The number of rotatable bonds is 20. The molecule has 0 amide bonds. The maximum atomic E-state index is 13.5. The molecule has 0 radical (unpaired) electrons. The van der Waals surface area contributed by atoms with Crippen LogP contribution in [-0.2, 0) is 40.5 Å². The van der Waals surface area contributed by atoms with E-state index in [1.807, 2.05) is 88.4 Å². The van der Waals surface area contributed by atoms with E-state index in [-0.39, 0.29) is 30.6 Å². The molecule has 530 valence electrons. The zero-order chi connectivity index (χ0) is 71.2. The fraction of sp³-hybridized carbons (Fsp3) is 0.342. The number of aliphatic carboxylic acids is 1. The van der Waals surface area contributed by atoms with Gasteiger partial charge in [-0.2, -0.15) is 17.6 Å². The van der Waals surface area contributed by atoms with Gasteiger partial charge in [0.25, 0.3) is 0 Å². The van der Waals surface area contributed by atoms with Crippen molar-refractivity contribution in [2.45, 2.75) is 131 Å². The van der Waals surface area contributed by atoms with Crippen molar-refractivity contribution in [3.63, 3.8) is 0 Å². The van der Waals surface area contributed by atoms with Crippen LogP contribution in [0.3, 0.4) is 0 Å². The standard InChI is InChI=1S/C40H40F2N6O4.C39H38F2N6O4/c1-24-28(9-6-11-30(24)37-44-36-15-14-26(22-48(36)45-37)21-46-16-4-5-17-46)29-10-7-12-31(25(29)2)38-43-32-19-27(34(52-40(41)42)20-35(32)51-38)23-47-18-8-13-33(47)39(49)50-3;1-23-27(8-5-10-29(23)36-43-35-14-13-25(21-47(35)44-36)20-45-15-3-4-16-45)28-9-6-11-30(24(28)2)37-42-31-18-26(22-46-17-7-12-32(46)38(48)49)33(51-39(40)41)19-34(31)50-37/h6-7,9-12,14-15,19-20,22,33,40H,4-5,8,13,16-18,21,23H2,1-3H3;5-6,8-11,13-14,18-19,21,32,39H,3-4,7,12,15-17,20,22H2,1-2H3,(H,48,49)/t33-;32-/m00/s1. The summed E-state index contributed by atoms with van der Waals surface area (Å²) in [4.78, 5) is 52.1. The molecular weight excluding hydrogens is 1320 g/mol. The summed E-state index contributed by atoms with van der Waals surface area (Å²) in [5.41, 5.74) is 17.9. The smallest absolute Gasteiger partial charge is 0.387 e. The highest BCUT2D eigenvalue weighted by molar-refractivity contribution is 5.87. The first kappa shape index (κ1) is 68.4. The molecule has 0 bridgehead atoms. The van der Waals surface area contributed by atoms with Crippen molar-refractivity contribution in [2.24, 2.45) is 0 Å². The molecule has 20 nitrogen and oxygen atoms in total. The van der Waals surface area contributed by atoms with Crippen molar-refractivity contribution in [2.75, 3.05) is 46.4 Å². The number of methoxy groups -OCH3 is 1. The van der Waals surface area contributed by atoms with Gasteiger partial charge in [-0.25, -0.2) is 29.0 Å². The Morgan fingerprint density at radius 3 is 1.28 bits per heavy atom. The number of alkyl halides is 4. The lowest BCUT2D eigenvalue weighted by Gasteiger charge is -2.23. The number of carbonyl (C=O) groups is 2. The minimum Gasteiger partial charge on any atom is -0.480 e. The predicted octanol–water partition coefficient (Wildman–Crippen LogP) is 15.6. The van der Waals surface area contributed by atoms with Crippen LogP contribution in [0.2, 0.25) is 0 Å². The number of carboxylic acids is 1. The van der Waals surface area contributed by atoms with E-state index in [9.17, 15) is 32.3 Å². The summed E-state index contributed by atoms with van der Waals surface area (Å²) in [5.74, 6) is 0.682. The van der Waals surface area contributed by atoms with Gasteiger partial charge in [-0.3, -0.25) is 29.2 Å². The first-order valence-electron chi connectivity index (χ1n) is 35.1. The molecule has 4 aliphatic rings. The average Bonchev–Trinajstić information content (AvgIpc) is 1.72. The quantitative estimate of drug-likeness (QED) is 0.0556. The van der Waals surface area contributed by atoms with Crippen molar-refractivity contribution in [3.05, 3.63) is 178 Å². The lowest BCUT2D eigenvalue weighted by atomic mass is 9.91. The van der Waals surface area contributed by atoms with Crippen molar-refractivity contribution >= 4 is 45.4 Å². The fourth-order valence-electron chi connectivity index (χ4n) is 15.4. The number of fused-ring (bicyclic) bond motifs is 4. The maximum absolute atomic E-state index is 13.5. The van der Waals surface area contributed by atoms with Crippen LogP contribution in [0, 0.1) is 27.7 Å². The highest BCUT2D eigenvalue weighted by Crippen LogP contribution is 2.42. The molecule has 0 unspecified atom stereocenters. The number of hydrogen-bond donors (Lipinski definition) is 1. The zero-order valence-corrected chi connectivity index (χ0v) is 57.9. The minimum absolute atomic E-state index is 0.0120. The second kappa shape index (κ2) is 29.2. The molecule has 10 heterocycles. The summed E-state index contributed by atoms with van der Waals surface area (Å²) < 4.78 is 84.9. The van der Waals surface area contributed by atoms with Crippen LogP contribution in [0.4, 0.5) is 17.6 Å². The minimum atomic E-state index is -3.05. The molecular formula is C79H78F4N12O8. The number of nitrogens with zero attached hydrogens (tertiary/aromatic N) is 12. The topological polar surface area (TPSA) is 207 Å². The van der Waals surface area contributed by atoms with E-state index in [1.165, 1.54) is 56.1 Å². The zero-order valence-electron chi connectivity index (χ0n) is 57.9. The van der Waals surface area contributed by atoms with Gasteiger partial charge in [-0.1, -0.05) is 72.8 Å². The number of aromatic nitrogens is 8. The van der Waals surface area contributed by atoms with Gasteiger partial charge in [0.1, 0.15) is 34.6 Å². The number of ether oxygens (including phenoxy) is 3. The van der Waals surface area contributed by atoms with Crippen LogP contribution in [0.15, 0.2) is 143 Å². The van der Waals surface area contributed by atoms with Gasteiger partial charge in [0.2, 0.25) is 11.8 Å². The molecule has 0 saturated carbocycles. The molecule has 4 aliphatic heterocycles. The SMILES string of the molecule is COC(=O)[C@@H]1CCCN1Cc1cc2nc(-c3cccc(-c4cccc(-c5nc6ccc(CN7CCCC7)cn6n5)c4C)c3C)oc2cc1OC(F)F.Cc1c(-c2nc3ccc(CN4CCCC4)cn3n2)cccc1-c1cccc(-c2nc3cc(CN4CCC[C@H]4C(=O)O)c(OC(F)F)cc3o2)c1C. The molecule has 103 heavy (non-hydrogen) atoms. The van der Waals surface area contributed by atoms with Crippen LogP contribution in [-0.4, -0.2) is 147 Å². The lowest BCUT2D eigenvalue weighted by Crippen LogP contribution is -2.36. The Morgan fingerprint density at radius 1 is 0.485 bits per heavy atom. The van der Waals surface area contributed by atoms with Crippen molar-refractivity contribution in [3.8, 4) is 79.4 Å². The number of carboxylic acid groups (broad SMARTS) is 1. The molecule has 12 aromatic rings. The molecule has 0 aliphatic carbocycles.